The minimum Gasteiger partial charge on any atom is -0.422 e. The van der Waals surface area contributed by atoms with Crippen LogP contribution in [0, 0.1) is 0 Å². The molecule has 170 valence electrons. The highest BCUT2D eigenvalue weighted by atomic mass is 35.5. The summed E-state index contributed by atoms with van der Waals surface area (Å²) in [5.41, 5.74) is 3.38. The number of esters is 1. The van der Waals surface area contributed by atoms with Gasteiger partial charge in [-0.3, -0.25) is 4.79 Å². The average Bonchev–Trinajstić information content (AvgIpc) is 2.81. The normalized spacial score (nSPS) is 11.1. The van der Waals surface area contributed by atoms with Crippen LogP contribution < -0.4 is 10.2 Å². The summed E-state index contributed by atoms with van der Waals surface area (Å²) in [7, 11) is 0. The van der Waals surface area contributed by atoms with E-state index in [0.29, 0.717) is 15.6 Å². The van der Waals surface area contributed by atoms with Crippen molar-refractivity contribution in [3.63, 3.8) is 0 Å². The van der Waals surface area contributed by atoms with Gasteiger partial charge in [0, 0.05) is 16.1 Å². The van der Waals surface area contributed by atoms with Crippen molar-refractivity contribution in [2.75, 3.05) is 0 Å². The van der Waals surface area contributed by atoms with Gasteiger partial charge in [0.05, 0.1) is 26.8 Å². The average molecular weight is 532 g/mol. The molecule has 0 saturated heterocycles. The molecule has 0 aliphatic rings. The van der Waals surface area contributed by atoms with E-state index in [1.165, 1.54) is 36.5 Å². The van der Waals surface area contributed by atoms with Crippen LogP contribution in [-0.4, -0.2) is 18.1 Å². The monoisotopic (exact) mass is 530 g/mol. The maximum absolute atomic E-state index is 12.8. The summed E-state index contributed by atoms with van der Waals surface area (Å²) in [4.78, 5) is 25.2. The van der Waals surface area contributed by atoms with Crippen LogP contribution >= 0.6 is 46.4 Å². The standard InChI is InChI=1S/C25H14Cl4N2O3/c26-16-7-8-18(21(28)12-16)25(33)34-23-10-6-14-3-1-2-4-17(14)19(23)13-30-31-24(32)15-5-9-20(27)22(29)11-15/h1-13H,(H,31,32)/b30-13-. The van der Waals surface area contributed by atoms with Gasteiger partial charge in [0.15, 0.2) is 0 Å². The van der Waals surface area contributed by atoms with Crippen molar-refractivity contribution in [2.24, 2.45) is 5.10 Å². The van der Waals surface area contributed by atoms with Crippen molar-refractivity contribution in [1.82, 2.24) is 5.43 Å². The van der Waals surface area contributed by atoms with Crippen LogP contribution in [0.4, 0.5) is 0 Å². The molecule has 4 aromatic carbocycles. The lowest BCUT2D eigenvalue weighted by molar-refractivity contribution is 0.0734. The molecule has 0 saturated carbocycles. The fourth-order valence-electron chi connectivity index (χ4n) is 3.16. The van der Waals surface area contributed by atoms with Gasteiger partial charge in [-0.05, 0) is 53.2 Å². The fourth-order valence-corrected chi connectivity index (χ4v) is 3.95. The SMILES string of the molecule is O=C(N/N=C\c1c(OC(=O)c2ccc(Cl)cc2Cl)ccc2ccccc12)c1ccc(Cl)c(Cl)c1. The second-order valence-corrected chi connectivity index (χ2v) is 8.70. The Labute approximate surface area is 214 Å². The summed E-state index contributed by atoms with van der Waals surface area (Å²) in [5.74, 6) is -0.907. The molecule has 34 heavy (non-hydrogen) atoms. The Hall–Kier alpha value is -3.09. The molecule has 4 rings (SSSR count). The number of hydrogen-bond acceptors (Lipinski definition) is 4. The molecular weight excluding hydrogens is 518 g/mol. The van der Waals surface area contributed by atoms with Gasteiger partial charge >= 0.3 is 5.97 Å². The zero-order valence-corrected chi connectivity index (χ0v) is 20.2. The number of amides is 1. The molecule has 0 aliphatic carbocycles. The first-order valence-electron chi connectivity index (χ1n) is 9.81. The Morgan fingerprint density at radius 2 is 1.62 bits per heavy atom. The Kier molecular flexibility index (Phi) is 7.39. The first-order valence-corrected chi connectivity index (χ1v) is 11.3. The predicted molar refractivity (Wildman–Crippen MR) is 137 cm³/mol. The molecule has 0 fully saturated rings. The fraction of sp³-hybridized carbons (Fsp3) is 0. The lowest BCUT2D eigenvalue weighted by Crippen LogP contribution is -2.17. The predicted octanol–water partition coefficient (Wildman–Crippen LogP) is 7.44. The third-order valence-electron chi connectivity index (χ3n) is 4.83. The number of nitrogens with one attached hydrogen (secondary N) is 1. The number of hydrogen-bond donors (Lipinski definition) is 1. The van der Waals surface area contributed by atoms with Crippen molar-refractivity contribution in [3.05, 3.63) is 110 Å². The van der Waals surface area contributed by atoms with Crippen LogP contribution in [0.5, 0.6) is 5.75 Å². The van der Waals surface area contributed by atoms with Crippen LogP contribution in [-0.2, 0) is 0 Å². The number of ether oxygens (including phenoxy) is 1. The van der Waals surface area contributed by atoms with Gasteiger partial charge < -0.3 is 4.74 Å². The molecule has 0 unspecified atom stereocenters. The van der Waals surface area contributed by atoms with Crippen molar-refractivity contribution < 1.29 is 14.3 Å². The van der Waals surface area contributed by atoms with Crippen LogP contribution in [0.25, 0.3) is 10.8 Å². The number of carbonyl (C=O) groups is 2. The lowest BCUT2D eigenvalue weighted by atomic mass is 10.0. The van der Waals surface area contributed by atoms with Gasteiger partial charge in [-0.25, -0.2) is 10.2 Å². The summed E-state index contributed by atoms with van der Waals surface area (Å²) >= 11 is 23.9. The molecule has 9 heteroatoms. The summed E-state index contributed by atoms with van der Waals surface area (Å²) < 4.78 is 5.63. The third kappa shape index (κ3) is 5.34. The molecule has 0 heterocycles. The maximum Gasteiger partial charge on any atom is 0.345 e. The number of hydrazone groups is 1. The Bertz CT molecular complexity index is 1450. The molecule has 1 amide bonds. The molecule has 4 aromatic rings. The highest BCUT2D eigenvalue weighted by Crippen LogP contribution is 2.29. The number of carbonyl (C=O) groups excluding carboxylic acids is 2. The summed E-state index contributed by atoms with van der Waals surface area (Å²) in [5, 5.41) is 6.87. The van der Waals surface area contributed by atoms with E-state index in [2.05, 4.69) is 10.5 Å². The van der Waals surface area contributed by atoms with Crippen LogP contribution in [0.1, 0.15) is 26.3 Å². The highest BCUT2D eigenvalue weighted by Gasteiger charge is 2.16. The third-order valence-corrected chi connectivity index (χ3v) is 6.11. The van der Waals surface area contributed by atoms with Gasteiger partial charge in [0.2, 0.25) is 0 Å². The van der Waals surface area contributed by atoms with E-state index in [1.807, 2.05) is 30.3 Å². The molecule has 5 nitrogen and oxygen atoms in total. The highest BCUT2D eigenvalue weighted by molar-refractivity contribution is 6.42. The molecular formula is C25H14Cl4N2O3. The summed E-state index contributed by atoms with van der Waals surface area (Å²) in [6, 6.07) is 19.9. The summed E-state index contributed by atoms with van der Waals surface area (Å²) in [6.07, 6.45) is 1.41. The van der Waals surface area contributed by atoms with E-state index in [9.17, 15) is 9.59 Å². The minimum atomic E-state index is -0.661. The van der Waals surface area contributed by atoms with E-state index in [-0.39, 0.29) is 26.9 Å². The van der Waals surface area contributed by atoms with Gasteiger partial charge in [0.1, 0.15) is 5.75 Å². The molecule has 1 N–H and O–H groups in total. The Morgan fingerprint density at radius 3 is 2.38 bits per heavy atom. The zero-order chi connectivity index (χ0) is 24.2. The second kappa shape index (κ2) is 10.5. The van der Waals surface area contributed by atoms with Crippen molar-refractivity contribution >= 4 is 75.3 Å². The van der Waals surface area contributed by atoms with Crippen LogP contribution in [0.2, 0.25) is 20.1 Å². The van der Waals surface area contributed by atoms with Gasteiger partial charge in [-0.15, -0.1) is 0 Å². The van der Waals surface area contributed by atoms with Gasteiger partial charge in [-0.2, -0.15) is 5.10 Å². The van der Waals surface area contributed by atoms with Crippen molar-refractivity contribution in [3.8, 4) is 5.75 Å². The molecule has 0 aliphatic heterocycles. The van der Waals surface area contributed by atoms with E-state index in [1.54, 1.807) is 12.1 Å². The summed E-state index contributed by atoms with van der Waals surface area (Å²) in [6.45, 7) is 0. The minimum absolute atomic E-state index is 0.162. The van der Waals surface area contributed by atoms with Crippen LogP contribution in [0.15, 0.2) is 77.9 Å². The Morgan fingerprint density at radius 1 is 0.824 bits per heavy atom. The largest absolute Gasteiger partial charge is 0.422 e. The molecule has 0 aromatic heterocycles. The van der Waals surface area contributed by atoms with Gasteiger partial charge in [0.25, 0.3) is 5.91 Å². The zero-order valence-electron chi connectivity index (χ0n) is 17.2. The van der Waals surface area contributed by atoms with Crippen molar-refractivity contribution in [2.45, 2.75) is 0 Å². The van der Waals surface area contributed by atoms with E-state index < -0.39 is 11.9 Å². The number of nitrogens with zero attached hydrogens (tertiary/aromatic N) is 1. The first kappa shape index (κ1) is 24.0. The molecule has 0 bridgehead atoms. The topological polar surface area (TPSA) is 67.8 Å². The van der Waals surface area contributed by atoms with E-state index in [4.69, 9.17) is 51.1 Å². The van der Waals surface area contributed by atoms with Gasteiger partial charge in [-0.1, -0.05) is 76.7 Å². The van der Waals surface area contributed by atoms with E-state index >= 15 is 0 Å². The number of rotatable bonds is 5. The maximum atomic E-state index is 12.8. The first-order chi connectivity index (χ1) is 16.3. The van der Waals surface area contributed by atoms with E-state index in [0.717, 1.165) is 10.8 Å². The second-order valence-electron chi connectivity index (χ2n) is 7.04. The molecule has 0 atom stereocenters. The Balaban J connectivity index is 1.64. The number of benzene rings is 4. The lowest BCUT2D eigenvalue weighted by Gasteiger charge is -2.11. The smallest absolute Gasteiger partial charge is 0.345 e. The quantitative estimate of drug-likeness (QED) is 0.126. The number of fused-ring (bicyclic) bond motifs is 1. The number of halogens is 4. The molecule has 0 spiro atoms. The van der Waals surface area contributed by atoms with Crippen LogP contribution in [0.3, 0.4) is 0 Å². The van der Waals surface area contributed by atoms with Crippen molar-refractivity contribution in [1.29, 1.82) is 0 Å². The molecule has 0 radical (unpaired) electrons.